The number of hydrogen-bond donors (Lipinski definition) is 1. The fourth-order valence-electron chi connectivity index (χ4n) is 2.55. The Morgan fingerprint density at radius 2 is 1.86 bits per heavy atom. The molecule has 108 valence electrons. The maximum atomic E-state index is 5.68. The molecular weight excluding hydrogens is 260 g/mol. The summed E-state index contributed by atoms with van der Waals surface area (Å²) in [7, 11) is 0. The van der Waals surface area contributed by atoms with Crippen LogP contribution >= 0.6 is 0 Å². The van der Waals surface area contributed by atoms with Gasteiger partial charge in [-0.2, -0.15) is 0 Å². The van der Waals surface area contributed by atoms with Gasteiger partial charge in [0.1, 0.15) is 5.75 Å². The lowest BCUT2D eigenvalue weighted by Crippen LogP contribution is -2.09. The molecule has 1 N–H and O–H groups in total. The van der Waals surface area contributed by atoms with Crippen LogP contribution in [0.5, 0.6) is 5.75 Å². The van der Waals surface area contributed by atoms with E-state index in [4.69, 9.17) is 4.74 Å². The molecule has 3 heteroatoms. The van der Waals surface area contributed by atoms with Crippen LogP contribution in [0.15, 0.2) is 60.8 Å². The minimum atomic E-state index is 0.694. The van der Waals surface area contributed by atoms with Crippen molar-refractivity contribution in [1.82, 2.24) is 4.57 Å². The Kier molecular flexibility index (Phi) is 4.10. The molecule has 3 rings (SSSR count). The lowest BCUT2D eigenvalue weighted by molar-refractivity contribution is 0.344. The normalized spacial score (nSPS) is 10.7. The van der Waals surface area contributed by atoms with Crippen molar-refractivity contribution in [2.24, 2.45) is 0 Å². The van der Waals surface area contributed by atoms with Crippen LogP contribution in [0.2, 0.25) is 0 Å². The first-order chi connectivity index (χ1) is 10.4. The molecule has 3 aromatic rings. The van der Waals surface area contributed by atoms with Crippen molar-refractivity contribution >= 4 is 16.6 Å². The van der Waals surface area contributed by atoms with Gasteiger partial charge in [-0.25, -0.2) is 0 Å². The quantitative estimate of drug-likeness (QED) is 0.734. The molecule has 21 heavy (non-hydrogen) atoms. The van der Waals surface area contributed by atoms with Crippen LogP contribution in [0.25, 0.3) is 10.9 Å². The van der Waals surface area contributed by atoms with Gasteiger partial charge in [0, 0.05) is 30.4 Å². The van der Waals surface area contributed by atoms with Gasteiger partial charge in [0.2, 0.25) is 0 Å². The Labute approximate surface area is 125 Å². The van der Waals surface area contributed by atoms with Crippen LogP contribution in [0.4, 0.5) is 5.69 Å². The van der Waals surface area contributed by atoms with Gasteiger partial charge in [0.15, 0.2) is 0 Å². The van der Waals surface area contributed by atoms with Gasteiger partial charge in [-0.05, 0) is 37.3 Å². The third kappa shape index (κ3) is 3.02. The first-order valence-electron chi connectivity index (χ1n) is 7.38. The Morgan fingerprint density at radius 3 is 2.67 bits per heavy atom. The predicted octanol–water partition coefficient (Wildman–Crippen LogP) is 4.15. The molecule has 0 saturated carbocycles. The number of anilines is 1. The van der Waals surface area contributed by atoms with Gasteiger partial charge in [0.05, 0.1) is 12.1 Å². The first-order valence-corrected chi connectivity index (χ1v) is 7.38. The second-order valence-corrected chi connectivity index (χ2v) is 4.92. The van der Waals surface area contributed by atoms with Crippen LogP contribution < -0.4 is 10.1 Å². The van der Waals surface area contributed by atoms with Gasteiger partial charge in [-0.1, -0.05) is 24.3 Å². The number of benzene rings is 2. The number of aromatic nitrogens is 1. The average molecular weight is 280 g/mol. The minimum absolute atomic E-state index is 0.694. The van der Waals surface area contributed by atoms with E-state index < -0.39 is 0 Å². The monoisotopic (exact) mass is 280 g/mol. The Balaban J connectivity index is 1.71. The smallest absolute Gasteiger partial charge is 0.128 e. The van der Waals surface area contributed by atoms with E-state index in [2.05, 4.69) is 46.4 Å². The highest BCUT2D eigenvalue weighted by Crippen LogP contribution is 2.26. The number of fused-ring (bicyclic) bond motifs is 1. The van der Waals surface area contributed by atoms with Crippen LogP contribution in [-0.2, 0) is 6.54 Å². The van der Waals surface area contributed by atoms with E-state index in [0.29, 0.717) is 6.61 Å². The number of rotatable bonds is 6. The van der Waals surface area contributed by atoms with Crippen molar-refractivity contribution in [1.29, 1.82) is 0 Å². The average Bonchev–Trinajstić information content (AvgIpc) is 2.93. The zero-order valence-corrected chi connectivity index (χ0v) is 12.3. The van der Waals surface area contributed by atoms with E-state index >= 15 is 0 Å². The summed E-state index contributed by atoms with van der Waals surface area (Å²) in [5.74, 6) is 0.963. The van der Waals surface area contributed by atoms with Crippen LogP contribution in [-0.4, -0.2) is 17.7 Å². The molecule has 0 radical (unpaired) electrons. The van der Waals surface area contributed by atoms with Crippen molar-refractivity contribution < 1.29 is 4.74 Å². The first kappa shape index (κ1) is 13.6. The minimum Gasteiger partial charge on any atom is -0.493 e. The third-order valence-corrected chi connectivity index (χ3v) is 3.53. The second-order valence-electron chi connectivity index (χ2n) is 4.92. The highest BCUT2D eigenvalue weighted by atomic mass is 16.5. The van der Waals surface area contributed by atoms with Crippen LogP contribution in [0, 0.1) is 0 Å². The van der Waals surface area contributed by atoms with Gasteiger partial charge in [-0.15, -0.1) is 0 Å². The number of nitrogens with one attached hydrogen (secondary N) is 1. The molecule has 0 spiro atoms. The van der Waals surface area contributed by atoms with E-state index in [0.717, 1.165) is 24.5 Å². The summed E-state index contributed by atoms with van der Waals surface area (Å²) >= 11 is 0. The van der Waals surface area contributed by atoms with Crippen molar-refractivity contribution in [3.8, 4) is 5.75 Å². The zero-order valence-electron chi connectivity index (χ0n) is 12.3. The molecule has 0 atom stereocenters. The summed E-state index contributed by atoms with van der Waals surface area (Å²) in [5.41, 5.74) is 2.37. The summed E-state index contributed by atoms with van der Waals surface area (Å²) in [4.78, 5) is 0. The predicted molar refractivity (Wildman–Crippen MR) is 88.0 cm³/mol. The lowest BCUT2D eigenvalue weighted by Gasteiger charge is -2.09. The number of nitrogens with zero attached hydrogens (tertiary/aromatic N) is 1. The van der Waals surface area contributed by atoms with Crippen molar-refractivity contribution in [2.45, 2.75) is 13.5 Å². The fraction of sp³-hybridized carbons (Fsp3) is 0.222. The third-order valence-electron chi connectivity index (χ3n) is 3.53. The highest BCUT2D eigenvalue weighted by Gasteiger charge is 2.05. The SMILES string of the molecule is CCOc1cccc2c1ccn2CCNc1ccccc1. The molecule has 0 amide bonds. The zero-order chi connectivity index (χ0) is 14.5. The highest BCUT2D eigenvalue weighted by molar-refractivity contribution is 5.86. The molecule has 0 fully saturated rings. The molecule has 0 aliphatic heterocycles. The van der Waals surface area contributed by atoms with Crippen LogP contribution in [0.1, 0.15) is 6.92 Å². The summed E-state index contributed by atoms with van der Waals surface area (Å²) in [5, 5.41) is 4.61. The number of ether oxygens (including phenoxy) is 1. The van der Waals surface area contributed by atoms with Gasteiger partial charge in [-0.3, -0.25) is 0 Å². The van der Waals surface area contributed by atoms with Gasteiger partial charge in [0.25, 0.3) is 0 Å². The standard InChI is InChI=1S/C18H20N2O/c1-2-21-18-10-6-9-17-16(18)11-13-20(17)14-12-19-15-7-4-3-5-8-15/h3-11,13,19H,2,12,14H2,1H3. The Morgan fingerprint density at radius 1 is 1.00 bits per heavy atom. The second kappa shape index (κ2) is 6.35. The number of para-hydroxylation sites is 1. The molecular formula is C18H20N2O. The maximum absolute atomic E-state index is 5.68. The van der Waals surface area contributed by atoms with E-state index in [1.807, 2.05) is 31.2 Å². The molecule has 0 saturated heterocycles. The summed E-state index contributed by atoms with van der Waals surface area (Å²) in [6.07, 6.45) is 2.12. The molecule has 2 aromatic carbocycles. The van der Waals surface area contributed by atoms with Gasteiger partial charge < -0.3 is 14.6 Å². The molecule has 0 aliphatic carbocycles. The van der Waals surface area contributed by atoms with E-state index in [-0.39, 0.29) is 0 Å². The van der Waals surface area contributed by atoms with Crippen LogP contribution in [0.3, 0.4) is 0 Å². The fourth-order valence-corrected chi connectivity index (χ4v) is 2.55. The molecule has 0 bridgehead atoms. The van der Waals surface area contributed by atoms with Crippen molar-refractivity contribution in [3.63, 3.8) is 0 Å². The largest absolute Gasteiger partial charge is 0.493 e. The summed E-state index contributed by atoms with van der Waals surface area (Å²) < 4.78 is 7.94. The topological polar surface area (TPSA) is 26.2 Å². The maximum Gasteiger partial charge on any atom is 0.128 e. The molecule has 3 nitrogen and oxygen atoms in total. The van der Waals surface area contributed by atoms with E-state index in [9.17, 15) is 0 Å². The Hall–Kier alpha value is -2.42. The summed E-state index contributed by atoms with van der Waals surface area (Å²) in [6.45, 7) is 4.53. The van der Waals surface area contributed by atoms with E-state index in [1.165, 1.54) is 10.9 Å². The Bertz CT molecular complexity index is 704. The van der Waals surface area contributed by atoms with E-state index in [1.54, 1.807) is 0 Å². The molecule has 1 heterocycles. The molecule has 0 aliphatic rings. The summed E-state index contributed by atoms with van der Waals surface area (Å²) in [6, 6.07) is 18.6. The number of hydrogen-bond acceptors (Lipinski definition) is 2. The lowest BCUT2D eigenvalue weighted by atomic mass is 10.2. The van der Waals surface area contributed by atoms with Crippen molar-refractivity contribution in [2.75, 3.05) is 18.5 Å². The molecule has 0 unspecified atom stereocenters. The van der Waals surface area contributed by atoms with Crippen molar-refractivity contribution in [3.05, 3.63) is 60.8 Å². The molecule has 1 aromatic heterocycles. The van der Waals surface area contributed by atoms with Gasteiger partial charge >= 0.3 is 0 Å².